The molecular weight excluding hydrogens is 1010 g/mol. The number of fused-ring (bicyclic) bond motifs is 7. The van der Waals surface area contributed by atoms with Crippen molar-refractivity contribution >= 4 is 107 Å². The lowest BCUT2D eigenvalue weighted by Gasteiger charge is -2.47. The first-order valence-electron chi connectivity index (χ1n) is 29.6. The standard InChI is InChI=1S/C76H77BN2SSi/c1-72(2,3)52-31-36-55(37-32-52)78-65-49-63-62(75(10,11)43-44-76(63,12)13)48-64(65)77-69-61-47-54(74(7,8)9)35-42-68(61)80-71(69)79(56-38-33-53(34-39-56)73(4,5)6)67-46-51(45-66(78)70(67)77)50-29-40-60(41-30-50)81(57-23-17-14-18-24-57,58-25-19-15-20-26-58)59-27-21-16-22-28-59/h14-42,45-49H,43-44H2,1-13H3. The van der Waals surface area contributed by atoms with Gasteiger partial charge >= 0.3 is 0 Å². The van der Waals surface area contributed by atoms with Gasteiger partial charge in [0, 0.05) is 33.1 Å². The molecule has 0 spiro atoms. The topological polar surface area (TPSA) is 6.48 Å². The summed E-state index contributed by atoms with van der Waals surface area (Å²) in [5, 5.41) is 8.18. The fourth-order valence-electron chi connectivity index (χ4n) is 13.9. The maximum atomic E-state index is 2.70. The molecule has 0 N–H and O–H groups in total. The predicted octanol–water partition coefficient (Wildman–Crippen LogP) is 16.3. The first-order chi connectivity index (χ1) is 38.5. The summed E-state index contributed by atoms with van der Waals surface area (Å²) in [5.41, 5.74) is 19.8. The molecule has 0 unspecified atom stereocenters. The van der Waals surface area contributed by atoms with Gasteiger partial charge in [-0.15, -0.1) is 11.3 Å². The van der Waals surface area contributed by atoms with E-state index in [1.54, 1.807) is 0 Å². The molecule has 0 atom stereocenters. The van der Waals surface area contributed by atoms with Crippen molar-refractivity contribution in [1.82, 2.24) is 0 Å². The van der Waals surface area contributed by atoms with Crippen LogP contribution in [0.4, 0.5) is 33.4 Å². The molecule has 81 heavy (non-hydrogen) atoms. The summed E-state index contributed by atoms with van der Waals surface area (Å²) in [7, 11) is -2.77. The number of hydrogen-bond donors (Lipinski definition) is 0. The summed E-state index contributed by atoms with van der Waals surface area (Å²) in [6.07, 6.45) is 2.31. The number of rotatable bonds is 7. The average Bonchev–Trinajstić information content (AvgIpc) is 2.97. The van der Waals surface area contributed by atoms with Gasteiger partial charge in [0.1, 0.15) is 0 Å². The molecular formula is C76H77BN2SSi. The quantitative estimate of drug-likeness (QED) is 0.116. The van der Waals surface area contributed by atoms with Crippen LogP contribution in [0.15, 0.2) is 206 Å². The Bertz CT molecular complexity index is 3930. The van der Waals surface area contributed by atoms with Crippen molar-refractivity contribution in [2.45, 2.75) is 130 Å². The number of hydrogen-bond acceptors (Lipinski definition) is 3. The smallest absolute Gasteiger partial charge is 0.254 e. The van der Waals surface area contributed by atoms with Gasteiger partial charge in [-0.2, -0.15) is 0 Å². The Morgan fingerprint density at radius 1 is 0.407 bits per heavy atom. The maximum absolute atomic E-state index is 2.77. The van der Waals surface area contributed by atoms with E-state index in [4.69, 9.17) is 0 Å². The normalized spacial score (nSPS) is 15.5. The largest absolute Gasteiger partial charge is 0.311 e. The molecule has 1 aromatic heterocycles. The molecule has 0 radical (unpaired) electrons. The van der Waals surface area contributed by atoms with E-state index in [1.807, 2.05) is 11.3 Å². The van der Waals surface area contributed by atoms with E-state index in [1.165, 1.54) is 120 Å². The lowest BCUT2D eigenvalue weighted by molar-refractivity contribution is 0.332. The molecule has 10 aromatic rings. The second-order valence-corrected chi connectivity index (χ2v) is 32.9. The van der Waals surface area contributed by atoms with Crippen LogP contribution in [0.25, 0.3) is 21.2 Å². The van der Waals surface area contributed by atoms with Crippen molar-refractivity contribution in [2.24, 2.45) is 0 Å². The maximum Gasteiger partial charge on any atom is 0.254 e. The SMILES string of the molecule is CC(C)(C)c1ccc(N2c3cc4c(cc3B3c5c2cc(-c2ccc([Si](c6ccccc6)(c6ccccc6)c6ccccc6)cc2)cc5N(c2ccc(C(C)(C)C)cc2)c2sc5ccc(C(C)(C)C)cc5c23)C(C)(C)CCC4(C)C)cc1. The number of benzene rings is 9. The summed E-state index contributed by atoms with van der Waals surface area (Å²) in [6.45, 7) is 31.0. The van der Waals surface area contributed by atoms with Crippen LogP contribution in [0.5, 0.6) is 0 Å². The minimum Gasteiger partial charge on any atom is -0.311 e. The van der Waals surface area contributed by atoms with Crippen molar-refractivity contribution in [1.29, 1.82) is 0 Å². The van der Waals surface area contributed by atoms with E-state index in [0.29, 0.717) is 0 Å². The van der Waals surface area contributed by atoms with Crippen molar-refractivity contribution in [3.8, 4) is 11.1 Å². The molecule has 0 bridgehead atoms. The molecule has 5 heteroatoms. The second-order valence-electron chi connectivity index (χ2n) is 28.1. The molecule has 0 fully saturated rings. The summed E-state index contributed by atoms with van der Waals surface area (Å²) in [4.78, 5) is 5.33. The van der Waals surface area contributed by atoms with Gasteiger partial charge in [0.05, 0.1) is 5.00 Å². The highest BCUT2D eigenvalue weighted by molar-refractivity contribution is 7.26. The van der Waals surface area contributed by atoms with E-state index < -0.39 is 8.07 Å². The molecule has 2 nitrogen and oxygen atoms in total. The van der Waals surface area contributed by atoms with Crippen molar-refractivity contribution in [3.63, 3.8) is 0 Å². The molecule has 2 aliphatic heterocycles. The molecule has 3 aliphatic rings. The van der Waals surface area contributed by atoms with Crippen molar-refractivity contribution < 1.29 is 0 Å². The molecule has 404 valence electrons. The Hall–Kier alpha value is -7.18. The van der Waals surface area contributed by atoms with Crippen LogP contribution >= 0.6 is 11.3 Å². The fraction of sp³-hybridized carbons (Fsp3) is 0.263. The predicted molar refractivity (Wildman–Crippen MR) is 356 cm³/mol. The molecule has 9 aromatic carbocycles. The van der Waals surface area contributed by atoms with Gasteiger partial charge < -0.3 is 9.80 Å². The van der Waals surface area contributed by atoms with Gasteiger partial charge in [-0.3, -0.25) is 0 Å². The van der Waals surface area contributed by atoms with Gasteiger partial charge in [0.2, 0.25) is 0 Å². The van der Waals surface area contributed by atoms with Gasteiger partial charge in [-0.25, -0.2) is 0 Å². The minimum atomic E-state index is -2.77. The Balaban J connectivity index is 1.13. The number of thiophene rings is 1. The summed E-state index contributed by atoms with van der Waals surface area (Å²) < 4.78 is 1.33. The monoisotopic (exact) mass is 1090 g/mol. The first kappa shape index (κ1) is 53.2. The molecule has 0 saturated carbocycles. The van der Waals surface area contributed by atoms with Gasteiger partial charge in [0.15, 0.2) is 8.07 Å². The third kappa shape index (κ3) is 8.71. The zero-order valence-electron chi connectivity index (χ0n) is 49.9. The number of anilines is 6. The molecule has 3 heterocycles. The number of nitrogens with zero attached hydrogens (tertiary/aromatic N) is 2. The third-order valence-electron chi connectivity index (χ3n) is 18.8. The zero-order chi connectivity index (χ0) is 56.6. The Morgan fingerprint density at radius 3 is 1.32 bits per heavy atom. The molecule has 1 aliphatic carbocycles. The molecule has 0 saturated heterocycles. The van der Waals surface area contributed by atoms with E-state index in [2.05, 4.69) is 306 Å². The van der Waals surface area contributed by atoms with Gasteiger partial charge in [-0.1, -0.05) is 248 Å². The molecule has 13 rings (SSSR count). The van der Waals surface area contributed by atoms with Crippen LogP contribution in [0.1, 0.15) is 131 Å². The summed E-state index contributed by atoms with van der Waals surface area (Å²) in [6, 6.07) is 80.7. The van der Waals surface area contributed by atoms with Crippen LogP contribution in [-0.2, 0) is 27.1 Å². The highest BCUT2D eigenvalue weighted by atomic mass is 32.1. The average molecular weight is 1090 g/mol. The lowest BCUT2D eigenvalue weighted by atomic mass is 9.33. The van der Waals surface area contributed by atoms with Crippen LogP contribution < -0.4 is 46.9 Å². The van der Waals surface area contributed by atoms with Crippen molar-refractivity contribution in [3.05, 3.63) is 234 Å². The Labute approximate surface area is 488 Å². The van der Waals surface area contributed by atoms with E-state index in [-0.39, 0.29) is 33.8 Å². The van der Waals surface area contributed by atoms with E-state index >= 15 is 0 Å². The van der Waals surface area contributed by atoms with Crippen LogP contribution in [0, 0.1) is 0 Å². The fourth-order valence-corrected chi connectivity index (χ4v) is 19.9. The van der Waals surface area contributed by atoms with E-state index in [9.17, 15) is 0 Å². The second kappa shape index (κ2) is 18.9. The lowest BCUT2D eigenvalue weighted by Crippen LogP contribution is -2.74. The van der Waals surface area contributed by atoms with Gasteiger partial charge in [0.25, 0.3) is 6.71 Å². The van der Waals surface area contributed by atoms with Crippen LogP contribution in [-0.4, -0.2) is 14.8 Å². The van der Waals surface area contributed by atoms with Crippen LogP contribution in [0.2, 0.25) is 0 Å². The van der Waals surface area contributed by atoms with Gasteiger partial charge in [-0.05, 0) is 170 Å². The highest BCUT2D eigenvalue weighted by Crippen LogP contribution is 2.53. The Kier molecular flexibility index (Phi) is 12.4. The minimum absolute atomic E-state index is 0.0106. The summed E-state index contributed by atoms with van der Waals surface area (Å²) in [5.74, 6) is 0. The highest BCUT2D eigenvalue weighted by Gasteiger charge is 2.49. The summed E-state index contributed by atoms with van der Waals surface area (Å²) >= 11 is 1.97. The van der Waals surface area contributed by atoms with Crippen LogP contribution in [0.3, 0.4) is 0 Å². The third-order valence-corrected chi connectivity index (χ3v) is 24.7. The molecule has 0 amide bonds. The Morgan fingerprint density at radius 2 is 0.840 bits per heavy atom. The van der Waals surface area contributed by atoms with Crippen molar-refractivity contribution in [2.75, 3.05) is 9.80 Å². The van der Waals surface area contributed by atoms with E-state index in [0.717, 1.165) is 12.8 Å². The zero-order valence-corrected chi connectivity index (χ0v) is 51.7. The first-order valence-corrected chi connectivity index (χ1v) is 32.4.